The average molecular weight is 225 g/mol. The van der Waals surface area contributed by atoms with E-state index in [-0.39, 0.29) is 5.91 Å². The molecule has 0 radical (unpaired) electrons. The largest absolute Gasteiger partial charge is 0.336 e. The fraction of sp³-hybridized carbons (Fsp3) is 0.750. The number of likely N-dealkylation sites (N-methyl/N-ethyl adjacent to an activating group) is 2. The van der Waals surface area contributed by atoms with Crippen LogP contribution in [0.25, 0.3) is 0 Å². The molecule has 0 aromatic heterocycles. The summed E-state index contributed by atoms with van der Waals surface area (Å²) in [6.07, 6.45) is 3.61. The molecule has 1 unspecified atom stereocenters. The molecule has 1 amide bonds. The number of carbonyl (C=O) groups is 1. The molecule has 92 valence electrons. The summed E-state index contributed by atoms with van der Waals surface area (Å²) in [6, 6.07) is 0.458. The van der Waals surface area contributed by atoms with Crippen LogP contribution >= 0.6 is 0 Å². The number of amides is 1. The van der Waals surface area contributed by atoms with Gasteiger partial charge in [0.15, 0.2) is 0 Å². The first-order valence-electron chi connectivity index (χ1n) is 5.81. The molecule has 1 rings (SSSR count). The number of carbonyl (C=O) groups excluding carboxylic acids is 1. The fourth-order valence-electron chi connectivity index (χ4n) is 1.72. The Morgan fingerprint density at radius 3 is 2.69 bits per heavy atom. The Bertz CT molecular complexity index is 263. The zero-order chi connectivity index (χ0) is 12.1. The summed E-state index contributed by atoms with van der Waals surface area (Å²) < 4.78 is 0. The predicted octanol–water partition coefficient (Wildman–Crippen LogP) is 0.267. The van der Waals surface area contributed by atoms with Gasteiger partial charge in [-0.2, -0.15) is 0 Å². The van der Waals surface area contributed by atoms with E-state index >= 15 is 0 Å². The molecular weight excluding hydrogens is 202 g/mol. The van der Waals surface area contributed by atoms with E-state index < -0.39 is 0 Å². The summed E-state index contributed by atoms with van der Waals surface area (Å²) in [6.45, 7) is 5.61. The van der Waals surface area contributed by atoms with Gasteiger partial charge in [0.25, 0.3) is 0 Å². The average Bonchev–Trinajstić information content (AvgIpc) is 2.21. The van der Waals surface area contributed by atoms with E-state index in [2.05, 4.69) is 18.9 Å². The molecule has 0 spiro atoms. The number of hydrogen-bond acceptors (Lipinski definition) is 3. The van der Waals surface area contributed by atoms with E-state index in [9.17, 15) is 4.79 Å². The summed E-state index contributed by atoms with van der Waals surface area (Å²) in [5.41, 5.74) is 0. The number of piperazine rings is 1. The van der Waals surface area contributed by atoms with Crippen LogP contribution in [0.3, 0.4) is 0 Å². The Morgan fingerprint density at radius 1 is 1.44 bits per heavy atom. The molecule has 1 saturated heterocycles. The molecule has 0 aliphatic carbocycles. The first kappa shape index (κ1) is 13.2. The van der Waals surface area contributed by atoms with Crippen molar-refractivity contribution < 1.29 is 4.79 Å². The molecule has 0 saturated carbocycles. The number of rotatable bonds is 3. The van der Waals surface area contributed by atoms with Crippen molar-refractivity contribution in [1.29, 1.82) is 0 Å². The molecule has 16 heavy (non-hydrogen) atoms. The van der Waals surface area contributed by atoms with Crippen molar-refractivity contribution in [1.82, 2.24) is 14.7 Å². The second-order valence-corrected chi connectivity index (χ2v) is 4.78. The Hall–Kier alpha value is -0.870. The maximum Gasteiger partial charge on any atom is 0.246 e. The standard InChI is InChI=1S/C12H23N3O/c1-11-10-15(9-8-14(11)4)12(16)6-5-7-13(2)3/h5-6,11H,7-10H2,1-4H3/b6-5+. The van der Waals surface area contributed by atoms with Crippen LogP contribution in [0.5, 0.6) is 0 Å². The minimum Gasteiger partial charge on any atom is -0.336 e. The number of hydrogen-bond donors (Lipinski definition) is 0. The van der Waals surface area contributed by atoms with Crippen LogP contribution < -0.4 is 0 Å². The fourth-order valence-corrected chi connectivity index (χ4v) is 1.72. The highest BCUT2D eigenvalue weighted by Gasteiger charge is 2.22. The quantitative estimate of drug-likeness (QED) is 0.645. The second kappa shape index (κ2) is 6.01. The molecule has 0 aromatic carbocycles. The maximum atomic E-state index is 11.8. The van der Waals surface area contributed by atoms with Crippen LogP contribution in [-0.2, 0) is 4.79 Å². The number of nitrogens with zero attached hydrogens (tertiary/aromatic N) is 3. The van der Waals surface area contributed by atoms with Gasteiger partial charge in [0.2, 0.25) is 5.91 Å². The monoisotopic (exact) mass is 225 g/mol. The van der Waals surface area contributed by atoms with E-state index in [1.807, 2.05) is 30.0 Å². The molecule has 4 heteroatoms. The van der Waals surface area contributed by atoms with Gasteiger partial charge in [0, 0.05) is 38.3 Å². The molecule has 1 heterocycles. The third kappa shape index (κ3) is 3.94. The van der Waals surface area contributed by atoms with E-state index in [1.165, 1.54) is 0 Å². The van der Waals surface area contributed by atoms with Crippen molar-refractivity contribution in [2.24, 2.45) is 0 Å². The minimum atomic E-state index is 0.141. The smallest absolute Gasteiger partial charge is 0.246 e. The lowest BCUT2D eigenvalue weighted by Gasteiger charge is -2.37. The summed E-state index contributed by atoms with van der Waals surface area (Å²) in [7, 11) is 6.09. The van der Waals surface area contributed by atoms with E-state index in [1.54, 1.807) is 6.08 Å². The molecule has 1 atom stereocenters. The van der Waals surface area contributed by atoms with Crippen molar-refractivity contribution in [3.63, 3.8) is 0 Å². The summed E-state index contributed by atoms with van der Waals surface area (Å²) >= 11 is 0. The SMILES string of the molecule is CC1CN(C(=O)/C=C/CN(C)C)CCN1C. The highest BCUT2D eigenvalue weighted by Crippen LogP contribution is 2.07. The van der Waals surface area contributed by atoms with Crippen LogP contribution in [0, 0.1) is 0 Å². The second-order valence-electron chi connectivity index (χ2n) is 4.78. The van der Waals surface area contributed by atoms with Crippen molar-refractivity contribution in [3.8, 4) is 0 Å². The van der Waals surface area contributed by atoms with Crippen molar-refractivity contribution in [2.75, 3.05) is 47.3 Å². The first-order chi connectivity index (χ1) is 7.50. The zero-order valence-electron chi connectivity index (χ0n) is 10.8. The van der Waals surface area contributed by atoms with E-state index in [0.717, 1.165) is 26.2 Å². The Morgan fingerprint density at radius 2 is 2.12 bits per heavy atom. The minimum absolute atomic E-state index is 0.141. The predicted molar refractivity (Wildman–Crippen MR) is 66.4 cm³/mol. The van der Waals surface area contributed by atoms with Gasteiger partial charge in [0.1, 0.15) is 0 Å². The summed E-state index contributed by atoms with van der Waals surface area (Å²) in [5.74, 6) is 0.141. The molecule has 0 N–H and O–H groups in total. The molecular formula is C12H23N3O. The highest BCUT2D eigenvalue weighted by molar-refractivity contribution is 5.87. The Kier molecular flexibility index (Phi) is 4.96. The van der Waals surface area contributed by atoms with Gasteiger partial charge in [-0.1, -0.05) is 6.08 Å². The van der Waals surface area contributed by atoms with Gasteiger partial charge in [-0.25, -0.2) is 0 Å². The zero-order valence-corrected chi connectivity index (χ0v) is 10.8. The van der Waals surface area contributed by atoms with Gasteiger partial charge in [-0.15, -0.1) is 0 Å². The van der Waals surface area contributed by atoms with Gasteiger partial charge in [-0.05, 0) is 28.1 Å². The van der Waals surface area contributed by atoms with Crippen LogP contribution in [0.2, 0.25) is 0 Å². The molecule has 1 fully saturated rings. The van der Waals surface area contributed by atoms with Crippen molar-refractivity contribution >= 4 is 5.91 Å². The van der Waals surface area contributed by atoms with Crippen molar-refractivity contribution in [3.05, 3.63) is 12.2 Å². The lowest BCUT2D eigenvalue weighted by atomic mass is 10.2. The Balaban J connectivity index is 2.40. The van der Waals surface area contributed by atoms with Gasteiger partial charge >= 0.3 is 0 Å². The molecule has 0 bridgehead atoms. The maximum absolute atomic E-state index is 11.8. The summed E-state index contributed by atoms with van der Waals surface area (Å²) in [5, 5.41) is 0. The van der Waals surface area contributed by atoms with Gasteiger partial charge < -0.3 is 14.7 Å². The lowest BCUT2D eigenvalue weighted by molar-refractivity contribution is -0.128. The topological polar surface area (TPSA) is 26.8 Å². The summed E-state index contributed by atoms with van der Waals surface area (Å²) in [4.78, 5) is 18.1. The normalized spacial score (nSPS) is 23.3. The molecule has 1 aliphatic heterocycles. The van der Waals surface area contributed by atoms with E-state index in [4.69, 9.17) is 0 Å². The van der Waals surface area contributed by atoms with Gasteiger partial charge in [0.05, 0.1) is 0 Å². The van der Waals surface area contributed by atoms with Crippen LogP contribution in [-0.4, -0.2) is 74.0 Å². The lowest BCUT2D eigenvalue weighted by Crippen LogP contribution is -2.51. The van der Waals surface area contributed by atoms with Gasteiger partial charge in [-0.3, -0.25) is 4.79 Å². The first-order valence-corrected chi connectivity index (χ1v) is 5.81. The Labute approximate surface area is 98.5 Å². The van der Waals surface area contributed by atoms with E-state index in [0.29, 0.717) is 6.04 Å². The third-order valence-corrected chi connectivity index (χ3v) is 3.00. The highest BCUT2D eigenvalue weighted by atomic mass is 16.2. The van der Waals surface area contributed by atoms with Crippen LogP contribution in [0.1, 0.15) is 6.92 Å². The molecule has 0 aromatic rings. The third-order valence-electron chi connectivity index (χ3n) is 3.00. The van der Waals surface area contributed by atoms with Crippen LogP contribution in [0.4, 0.5) is 0 Å². The van der Waals surface area contributed by atoms with Crippen molar-refractivity contribution in [2.45, 2.75) is 13.0 Å². The molecule has 1 aliphatic rings. The van der Waals surface area contributed by atoms with Crippen LogP contribution in [0.15, 0.2) is 12.2 Å². The molecule has 4 nitrogen and oxygen atoms in total.